The SMILES string of the molecule is O=C1NC(c2ccc(-c3ccc([N+](=O)[O-])cc3)o2)Nc2sc3c(c21)CCCC3. The van der Waals surface area contributed by atoms with Gasteiger partial charge in [-0.05, 0) is 55.5 Å². The number of anilines is 1. The summed E-state index contributed by atoms with van der Waals surface area (Å²) in [5, 5.41) is 18.1. The van der Waals surface area contributed by atoms with Crippen LogP contribution in [0.3, 0.4) is 0 Å². The summed E-state index contributed by atoms with van der Waals surface area (Å²) >= 11 is 1.67. The monoisotopic (exact) mass is 395 g/mol. The normalized spacial score (nSPS) is 18.0. The van der Waals surface area contributed by atoms with Crippen molar-refractivity contribution in [1.29, 1.82) is 0 Å². The van der Waals surface area contributed by atoms with E-state index in [0.717, 1.165) is 35.4 Å². The van der Waals surface area contributed by atoms with Crippen molar-refractivity contribution >= 4 is 27.9 Å². The lowest BCUT2D eigenvalue weighted by molar-refractivity contribution is -0.384. The number of carbonyl (C=O) groups excluding carboxylic acids is 1. The molecule has 0 saturated heterocycles. The summed E-state index contributed by atoms with van der Waals surface area (Å²) in [5.41, 5.74) is 2.76. The van der Waals surface area contributed by atoms with Gasteiger partial charge in [-0.3, -0.25) is 14.9 Å². The molecular weight excluding hydrogens is 378 g/mol. The second-order valence-electron chi connectivity index (χ2n) is 6.97. The Labute approximate surface area is 164 Å². The second-order valence-corrected chi connectivity index (χ2v) is 8.08. The number of aryl methyl sites for hydroxylation is 1. The first-order valence-corrected chi connectivity index (χ1v) is 9.98. The Morgan fingerprint density at radius 2 is 1.86 bits per heavy atom. The fourth-order valence-electron chi connectivity index (χ4n) is 3.83. The molecule has 3 aromatic rings. The molecule has 1 aromatic carbocycles. The van der Waals surface area contributed by atoms with E-state index < -0.39 is 11.1 Å². The summed E-state index contributed by atoms with van der Waals surface area (Å²) in [5.74, 6) is 1.13. The van der Waals surface area contributed by atoms with E-state index in [4.69, 9.17) is 4.42 Å². The Kier molecular flexibility index (Phi) is 3.94. The zero-order valence-corrected chi connectivity index (χ0v) is 15.7. The minimum Gasteiger partial charge on any atom is -0.457 e. The lowest BCUT2D eigenvalue weighted by Gasteiger charge is -2.25. The number of furan rings is 1. The molecule has 2 aromatic heterocycles. The number of hydrogen-bond donors (Lipinski definition) is 2. The Morgan fingerprint density at radius 1 is 1.07 bits per heavy atom. The predicted molar refractivity (Wildman–Crippen MR) is 106 cm³/mol. The highest BCUT2D eigenvalue weighted by Gasteiger charge is 2.33. The minimum absolute atomic E-state index is 0.0333. The van der Waals surface area contributed by atoms with E-state index in [2.05, 4.69) is 10.6 Å². The van der Waals surface area contributed by atoms with E-state index in [0.29, 0.717) is 11.5 Å². The number of rotatable bonds is 3. The van der Waals surface area contributed by atoms with E-state index in [1.165, 1.54) is 29.0 Å². The van der Waals surface area contributed by atoms with Gasteiger partial charge in [0.1, 0.15) is 16.5 Å². The van der Waals surface area contributed by atoms with Crippen LogP contribution in [-0.2, 0) is 12.8 Å². The molecule has 7 nitrogen and oxygen atoms in total. The molecule has 0 spiro atoms. The maximum Gasteiger partial charge on any atom is 0.269 e. The third-order valence-electron chi connectivity index (χ3n) is 5.22. The highest BCUT2D eigenvalue weighted by molar-refractivity contribution is 7.16. The summed E-state index contributed by atoms with van der Waals surface area (Å²) in [6.07, 6.45) is 3.87. The topological polar surface area (TPSA) is 97.4 Å². The van der Waals surface area contributed by atoms with Crippen LogP contribution in [-0.4, -0.2) is 10.8 Å². The maximum atomic E-state index is 12.7. The van der Waals surface area contributed by atoms with Crippen LogP contribution in [0.2, 0.25) is 0 Å². The van der Waals surface area contributed by atoms with E-state index in [1.807, 2.05) is 6.07 Å². The highest BCUT2D eigenvalue weighted by Crippen LogP contribution is 2.41. The summed E-state index contributed by atoms with van der Waals surface area (Å²) in [6.45, 7) is 0. The van der Waals surface area contributed by atoms with Crippen molar-refractivity contribution in [2.24, 2.45) is 0 Å². The van der Waals surface area contributed by atoms with Gasteiger partial charge >= 0.3 is 0 Å². The first-order valence-electron chi connectivity index (χ1n) is 9.16. The molecule has 3 heterocycles. The Morgan fingerprint density at radius 3 is 2.64 bits per heavy atom. The first-order chi connectivity index (χ1) is 13.6. The number of amides is 1. The number of nitro groups is 1. The van der Waals surface area contributed by atoms with Gasteiger partial charge in [-0.25, -0.2) is 0 Å². The molecule has 1 unspecified atom stereocenters. The molecule has 28 heavy (non-hydrogen) atoms. The average molecular weight is 395 g/mol. The summed E-state index contributed by atoms with van der Waals surface area (Å²) < 4.78 is 5.93. The van der Waals surface area contributed by atoms with Crippen LogP contribution in [0.25, 0.3) is 11.3 Å². The maximum absolute atomic E-state index is 12.7. The summed E-state index contributed by atoms with van der Waals surface area (Å²) in [6, 6.07) is 9.81. The van der Waals surface area contributed by atoms with E-state index in [1.54, 1.807) is 29.5 Å². The van der Waals surface area contributed by atoms with Gasteiger partial charge in [-0.2, -0.15) is 0 Å². The smallest absolute Gasteiger partial charge is 0.269 e. The first kappa shape index (κ1) is 17.0. The van der Waals surface area contributed by atoms with Gasteiger partial charge in [0, 0.05) is 22.6 Å². The van der Waals surface area contributed by atoms with Crippen LogP contribution in [0.4, 0.5) is 10.7 Å². The third kappa shape index (κ3) is 2.77. The fourth-order valence-corrected chi connectivity index (χ4v) is 5.15. The second kappa shape index (κ2) is 6.49. The van der Waals surface area contributed by atoms with Gasteiger partial charge < -0.3 is 15.1 Å². The van der Waals surface area contributed by atoms with Crippen LogP contribution in [0.1, 0.15) is 45.6 Å². The summed E-state index contributed by atoms with van der Waals surface area (Å²) in [7, 11) is 0. The fraction of sp³-hybridized carbons (Fsp3) is 0.250. The zero-order valence-electron chi connectivity index (χ0n) is 14.9. The molecule has 1 aliphatic heterocycles. The molecule has 0 fully saturated rings. The molecule has 1 amide bonds. The molecule has 0 radical (unpaired) electrons. The van der Waals surface area contributed by atoms with Gasteiger partial charge in [0.25, 0.3) is 11.6 Å². The lowest BCUT2D eigenvalue weighted by Crippen LogP contribution is -2.38. The minimum atomic E-state index is -0.438. The van der Waals surface area contributed by atoms with Gasteiger partial charge in [-0.1, -0.05) is 0 Å². The number of thiophene rings is 1. The largest absolute Gasteiger partial charge is 0.457 e. The number of fused-ring (bicyclic) bond motifs is 3. The van der Waals surface area contributed by atoms with Crippen LogP contribution in [0.5, 0.6) is 0 Å². The lowest BCUT2D eigenvalue weighted by atomic mass is 9.94. The number of carbonyl (C=O) groups is 1. The molecular formula is C20H17N3O4S. The number of non-ortho nitro benzene ring substituents is 1. The van der Waals surface area contributed by atoms with Gasteiger partial charge in [0.05, 0.1) is 10.5 Å². The van der Waals surface area contributed by atoms with Gasteiger partial charge in [0.2, 0.25) is 0 Å². The molecule has 1 atom stereocenters. The van der Waals surface area contributed by atoms with Crippen molar-refractivity contribution in [1.82, 2.24) is 5.32 Å². The van der Waals surface area contributed by atoms with Crippen molar-refractivity contribution in [3.05, 3.63) is 68.3 Å². The van der Waals surface area contributed by atoms with Crippen LogP contribution < -0.4 is 10.6 Å². The molecule has 2 N–H and O–H groups in total. The van der Waals surface area contributed by atoms with E-state index >= 15 is 0 Å². The highest BCUT2D eigenvalue weighted by atomic mass is 32.1. The zero-order chi connectivity index (χ0) is 19.3. The van der Waals surface area contributed by atoms with Crippen molar-refractivity contribution in [2.75, 3.05) is 5.32 Å². The van der Waals surface area contributed by atoms with Crippen molar-refractivity contribution in [3.8, 4) is 11.3 Å². The predicted octanol–water partition coefficient (Wildman–Crippen LogP) is 4.65. The van der Waals surface area contributed by atoms with Crippen LogP contribution >= 0.6 is 11.3 Å². The Hall–Kier alpha value is -3.13. The Balaban J connectivity index is 1.41. The number of nitrogens with one attached hydrogen (secondary N) is 2. The number of benzene rings is 1. The molecule has 5 rings (SSSR count). The molecule has 0 bridgehead atoms. The quantitative estimate of drug-likeness (QED) is 0.497. The number of hydrogen-bond acceptors (Lipinski definition) is 6. The van der Waals surface area contributed by atoms with Gasteiger partial charge in [-0.15, -0.1) is 11.3 Å². The third-order valence-corrected chi connectivity index (χ3v) is 6.45. The molecule has 0 saturated carbocycles. The number of nitrogens with zero attached hydrogens (tertiary/aromatic N) is 1. The van der Waals surface area contributed by atoms with Crippen LogP contribution in [0.15, 0.2) is 40.8 Å². The molecule has 142 valence electrons. The molecule has 1 aliphatic carbocycles. The summed E-state index contributed by atoms with van der Waals surface area (Å²) in [4.78, 5) is 24.4. The standard InChI is InChI=1S/C20H17N3O4S/c24-19-17-13-3-1-2-4-16(13)28-20(17)22-18(21-19)15-10-9-14(27-15)11-5-7-12(8-6-11)23(25)26/h5-10,18,22H,1-4H2,(H,21,24). The van der Waals surface area contributed by atoms with Crippen molar-refractivity contribution < 1.29 is 14.1 Å². The van der Waals surface area contributed by atoms with E-state index in [-0.39, 0.29) is 11.6 Å². The van der Waals surface area contributed by atoms with Crippen molar-refractivity contribution in [3.63, 3.8) is 0 Å². The number of nitro benzene ring substituents is 1. The molecule has 8 heteroatoms. The Bertz CT molecular complexity index is 1080. The average Bonchev–Trinajstić information content (AvgIpc) is 3.33. The molecule has 2 aliphatic rings. The van der Waals surface area contributed by atoms with Crippen molar-refractivity contribution in [2.45, 2.75) is 31.8 Å². The van der Waals surface area contributed by atoms with Crippen LogP contribution in [0, 0.1) is 10.1 Å². The van der Waals surface area contributed by atoms with Gasteiger partial charge in [0.15, 0.2) is 6.17 Å². The van der Waals surface area contributed by atoms with E-state index in [9.17, 15) is 14.9 Å².